The second-order valence-electron chi connectivity index (χ2n) is 10.2. The Morgan fingerprint density at radius 2 is 1.97 bits per heavy atom. The molecule has 10 heteroatoms. The van der Waals surface area contributed by atoms with Crippen molar-refractivity contribution in [2.75, 3.05) is 18.8 Å². The molecule has 2 heterocycles. The molecule has 4 atom stereocenters. The number of aliphatic carboxylic acids is 1. The van der Waals surface area contributed by atoms with Crippen LogP contribution in [-0.4, -0.2) is 72.8 Å². The van der Waals surface area contributed by atoms with Crippen LogP contribution in [-0.2, 0) is 19.5 Å². The van der Waals surface area contributed by atoms with Crippen molar-refractivity contribution in [2.45, 2.75) is 82.2 Å². The standard InChI is InChI=1S/C23H34ClN3O5S/c1-15-7-6-8-17(24)20(15)33(30,31)14-19-25-21(22(28)29)32-27(19)18-10-9-16(13-23(18,2)3)26-11-4-5-12-26/h6-8,16,18-19,21,25H,4-5,9-14H2,1-3H3,(H,28,29). The van der Waals surface area contributed by atoms with Gasteiger partial charge in [0.1, 0.15) is 6.17 Å². The summed E-state index contributed by atoms with van der Waals surface area (Å²) in [5.41, 5.74) is 0.386. The summed E-state index contributed by atoms with van der Waals surface area (Å²) in [6, 6.07) is 5.36. The molecule has 3 fully saturated rings. The van der Waals surface area contributed by atoms with Gasteiger partial charge >= 0.3 is 5.97 Å². The van der Waals surface area contributed by atoms with Crippen LogP contribution in [0.15, 0.2) is 23.1 Å². The molecular weight excluding hydrogens is 466 g/mol. The van der Waals surface area contributed by atoms with Crippen LogP contribution in [0.4, 0.5) is 0 Å². The molecule has 1 aliphatic carbocycles. The van der Waals surface area contributed by atoms with Crippen molar-refractivity contribution in [1.29, 1.82) is 0 Å². The second-order valence-corrected chi connectivity index (χ2v) is 12.6. The maximum Gasteiger partial charge on any atom is 0.350 e. The van der Waals surface area contributed by atoms with E-state index >= 15 is 0 Å². The molecule has 8 nitrogen and oxygen atoms in total. The van der Waals surface area contributed by atoms with Gasteiger partial charge in [-0.1, -0.05) is 37.6 Å². The van der Waals surface area contributed by atoms with E-state index in [1.165, 1.54) is 12.8 Å². The van der Waals surface area contributed by atoms with Gasteiger partial charge in [-0.15, -0.1) is 0 Å². The third-order valence-electron chi connectivity index (χ3n) is 7.36. The fourth-order valence-electron chi connectivity index (χ4n) is 5.78. The van der Waals surface area contributed by atoms with E-state index in [1.807, 2.05) is 0 Å². The fourth-order valence-corrected chi connectivity index (χ4v) is 8.10. The smallest absolute Gasteiger partial charge is 0.350 e. The van der Waals surface area contributed by atoms with Crippen molar-refractivity contribution in [3.63, 3.8) is 0 Å². The number of carboxylic acid groups (broad SMARTS) is 1. The molecule has 33 heavy (non-hydrogen) atoms. The van der Waals surface area contributed by atoms with Gasteiger partial charge in [0, 0.05) is 12.1 Å². The number of sulfone groups is 1. The summed E-state index contributed by atoms with van der Waals surface area (Å²) >= 11 is 6.24. The monoisotopic (exact) mass is 499 g/mol. The van der Waals surface area contributed by atoms with Crippen LogP contribution in [0.2, 0.25) is 5.02 Å². The van der Waals surface area contributed by atoms with E-state index in [2.05, 4.69) is 24.1 Å². The number of likely N-dealkylation sites (tertiary alicyclic amines) is 1. The Balaban J connectivity index is 1.57. The first-order chi connectivity index (χ1) is 15.5. The number of nitrogens with one attached hydrogen (secondary N) is 1. The highest BCUT2D eigenvalue weighted by atomic mass is 35.5. The molecule has 2 aliphatic heterocycles. The minimum atomic E-state index is -3.80. The topological polar surface area (TPSA) is 99.2 Å². The van der Waals surface area contributed by atoms with Gasteiger partial charge in [-0.2, -0.15) is 5.06 Å². The summed E-state index contributed by atoms with van der Waals surface area (Å²) in [6.07, 6.45) is 3.14. The molecular formula is C23H34ClN3O5S. The number of carbonyl (C=O) groups is 1. The Morgan fingerprint density at radius 3 is 2.58 bits per heavy atom. The molecule has 2 saturated heterocycles. The summed E-state index contributed by atoms with van der Waals surface area (Å²) < 4.78 is 26.7. The third kappa shape index (κ3) is 5.09. The lowest BCUT2D eigenvalue weighted by Gasteiger charge is -2.48. The Morgan fingerprint density at radius 1 is 1.27 bits per heavy atom. The Labute approximate surface area is 201 Å². The number of carboxylic acids is 1. The molecule has 0 aromatic heterocycles. The summed E-state index contributed by atoms with van der Waals surface area (Å²) in [5, 5.41) is 14.2. The van der Waals surface area contributed by atoms with Gasteiger partial charge in [0.25, 0.3) is 0 Å². The zero-order chi connectivity index (χ0) is 24.0. The van der Waals surface area contributed by atoms with E-state index in [4.69, 9.17) is 16.4 Å². The average Bonchev–Trinajstić information content (AvgIpc) is 3.37. The Bertz CT molecular complexity index is 976. The minimum Gasteiger partial charge on any atom is -0.478 e. The molecule has 4 rings (SSSR count). The molecule has 184 valence electrons. The zero-order valence-corrected chi connectivity index (χ0v) is 21.0. The molecule has 2 N–H and O–H groups in total. The first-order valence-electron chi connectivity index (χ1n) is 11.7. The van der Waals surface area contributed by atoms with E-state index in [0.717, 1.165) is 32.4 Å². The zero-order valence-electron chi connectivity index (χ0n) is 19.5. The highest BCUT2D eigenvalue weighted by Crippen LogP contribution is 2.43. The number of hydrogen-bond acceptors (Lipinski definition) is 7. The van der Waals surface area contributed by atoms with Crippen molar-refractivity contribution >= 4 is 27.4 Å². The highest BCUT2D eigenvalue weighted by Gasteiger charge is 2.50. The maximum atomic E-state index is 13.4. The van der Waals surface area contributed by atoms with E-state index in [-0.39, 0.29) is 27.1 Å². The summed E-state index contributed by atoms with van der Waals surface area (Å²) in [5.74, 6) is -1.50. The van der Waals surface area contributed by atoms with Crippen molar-refractivity contribution in [3.05, 3.63) is 28.8 Å². The van der Waals surface area contributed by atoms with Crippen molar-refractivity contribution in [3.8, 4) is 0 Å². The lowest BCUT2D eigenvalue weighted by molar-refractivity contribution is -0.222. The summed E-state index contributed by atoms with van der Waals surface area (Å²) in [6.45, 7) is 8.30. The van der Waals surface area contributed by atoms with E-state index in [0.29, 0.717) is 11.6 Å². The minimum absolute atomic E-state index is 0.0872. The van der Waals surface area contributed by atoms with Crippen LogP contribution in [0.3, 0.4) is 0 Å². The largest absolute Gasteiger partial charge is 0.478 e. The number of hydrogen-bond donors (Lipinski definition) is 2. The van der Waals surface area contributed by atoms with Gasteiger partial charge in [-0.05, 0) is 69.2 Å². The number of benzene rings is 1. The van der Waals surface area contributed by atoms with Crippen molar-refractivity contribution < 1.29 is 23.2 Å². The Hall–Kier alpha value is -1.23. The van der Waals surface area contributed by atoms with Crippen LogP contribution in [0.25, 0.3) is 0 Å². The van der Waals surface area contributed by atoms with E-state index < -0.39 is 28.2 Å². The molecule has 4 unspecified atom stereocenters. The number of hydroxylamine groups is 2. The van der Waals surface area contributed by atoms with Gasteiger partial charge in [-0.25, -0.2) is 13.2 Å². The number of nitrogens with zero attached hydrogens (tertiary/aromatic N) is 2. The quantitative estimate of drug-likeness (QED) is 0.616. The lowest BCUT2D eigenvalue weighted by atomic mass is 9.70. The van der Waals surface area contributed by atoms with Crippen LogP contribution in [0.5, 0.6) is 0 Å². The van der Waals surface area contributed by atoms with Gasteiger partial charge < -0.3 is 10.0 Å². The summed E-state index contributed by atoms with van der Waals surface area (Å²) in [4.78, 5) is 20.2. The third-order valence-corrected chi connectivity index (χ3v) is 9.70. The predicted octanol–water partition coefficient (Wildman–Crippen LogP) is 3.04. The predicted molar refractivity (Wildman–Crippen MR) is 126 cm³/mol. The number of rotatable bonds is 6. The van der Waals surface area contributed by atoms with Crippen LogP contribution >= 0.6 is 11.6 Å². The molecule has 1 aromatic rings. The fraction of sp³-hybridized carbons (Fsp3) is 0.696. The van der Waals surface area contributed by atoms with Gasteiger partial charge in [0.05, 0.1) is 15.7 Å². The molecule has 0 bridgehead atoms. The van der Waals surface area contributed by atoms with E-state index in [9.17, 15) is 18.3 Å². The van der Waals surface area contributed by atoms with Gasteiger partial charge in [-0.3, -0.25) is 10.2 Å². The molecule has 0 radical (unpaired) electrons. The molecule has 3 aliphatic rings. The van der Waals surface area contributed by atoms with Crippen LogP contribution in [0.1, 0.15) is 51.5 Å². The van der Waals surface area contributed by atoms with Gasteiger partial charge in [0.2, 0.25) is 6.23 Å². The first-order valence-corrected chi connectivity index (χ1v) is 13.7. The Kier molecular flexibility index (Phi) is 7.11. The average molecular weight is 500 g/mol. The van der Waals surface area contributed by atoms with Crippen molar-refractivity contribution in [1.82, 2.24) is 15.3 Å². The second kappa shape index (κ2) is 9.43. The first kappa shape index (κ1) is 24.9. The normalized spacial score (nSPS) is 31.2. The molecule has 1 aromatic carbocycles. The van der Waals surface area contributed by atoms with Crippen LogP contribution in [0, 0.1) is 12.3 Å². The molecule has 1 saturated carbocycles. The lowest BCUT2D eigenvalue weighted by Crippen LogP contribution is -2.56. The van der Waals surface area contributed by atoms with Crippen molar-refractivity contribution in [2.24, 2.45) is 5.41 Å². The van der Waals surface area contributed by atoms with E-state index in [1.54, 1.807) is 30.2 Å². The highest BCUT2D eigenvalue weighted by molar-refractivity contribution is 7.91. The molecule has 0 spiro atoms. The maximum absolute atomic E-state index is 13.4. The van der Waals surface area contributed by atoms with Crippen LogP contribution < -0.4 is 5.32 Å². The SMILES string of the molecule is Cc1cccc(Cl)c1S(=O)(=O)CC1NC(C(=O)O)ON1C1CCC(N2CCCC2)CC1(C)C. The number of halogens is 1. The summed E-state index contributed by atoms with van der Waals surface area (Å²) in [7, 11) is -3.80. The molecule has 0 amide bonds. The number of aryl methyl sites for hydroxylation is 1. The van der Waals surface area contributed by atoms with Gasteiger partial charge in [0.15, 0.2) is 9.84 Å².